The highest BCUT2D eigenvalue weighted by Crippen LogP contribution is 2.25. The minimum atomic E-state index is -0.0346. The third-order valence-corrected chi connectivity index (χ3v) is 3.41. The van der Waals surface area contributed by atoms with Crippen molar-refractivity contribution in [2.24, 2.45) is 0 Å². The predicted molar refractivity (Wildman–Crippen MR) is 77.3 cm³/mol. The Labute approximate surface area is 120 Å². The number of carbonyl (C=O) groups is 1. The van der Waals surface area contributed by atoms with Gasteiger partial charge in [-0.1, -0.05) is 23.2 Å². The Hall–Kier alpha value is -1.04. The molecule has 0 aromatic heterocycles. The molecule has 96 valence electrons. The lowest BCUT2D eigenvalue weighted by atomic mass is 10.3. The number of amides is 1. The Kier molecular flexibility index (Phi) is 4.27. The van der Waals surface area contributed by atoms with Crippen LogP contribution >= 0.6 is 35.4 Å². The van der Waals surface area contributed by atoms with Gasteiger partial charge in [-0.25, -0.2) is 0 Å². The monoisotopic (exact) mass is 303 g/mol. The van der Waals surface area contributed by atoms with E-state index in [1.165, 1.54) is 0 Å². The number of carbonyl (C=O) groups excluding carboxylic acids is 1. The minimum Gasteiger partial charge on any atom is -0.353 e. The van der Waals surface area contributed by atoms with E-state index in [0.29, 0.717) is 33.9 Å². The average Bonchev–Trinajstić information content (AvgIpc) is 2.32. The molecule has 2 N–H and O–H groups in total. The molecular weight excluding hydrogens is 293 g/mol. The van der Waals surface area contributed by atoms with Crippen molar-refractivity contribution < 1.29 is 4.79 Å². The number of thiocarbonyl (C=S) groups is 1. The minimum absolute atomic E-state index is 0.0346. The Morgan fingerprint density at radius 2 is 2.22 bits per heavy atom. The Bertz CT molecular complexity index is 495. The van der Waals surface area contributed by atoms with Crippen LogP contribution in [0.3, 0.4) is 0 Å². The molecule has 0 aliphatic carbocycles. The summed E-state index contributed by atoms with van der Waals surface area (Å²) in [5.41, 5.74) is 0.678. The van der Waals surface area contributed by atoms with Crippen molar-refractivity contribution >= 4 is 52.1 Å². The van der Waals surface area contributed by atoms with E-state index in [1.54, 1.807) is 23.1 Å². The summed E-state index contributed by atoms with van der Waals surface area (Å²) >= 11 is 17.1. The fraction of sp³-hybridized carbons (Fsp3) is 0.273. The van der Waals surface area contributed by atoms with Crippen molar-refractivity contribution in [3.8, 4) is 0 Å². The first-order valence-corrected chi connectivity index (χ1v) is 6.50. The van der Waals surface area contributed by atoms with Gasteiger partial charge >= 0.3 is 0 Å². The third-order valence-electron chi connectivity index (χ3n) is 2.50. The van der Waals surface area contributed by atoms with Crippen LogP contribution in [0.4, 0.5) is 5.69 Å². The van der Waals surface area contributed by atoms with Gasteiger partial charge in [0.1, 0.15) is 0 Å². The number of anilines is 1. The first-order chi connectivity index (χ1) is 8.56. The normalized spacial score (nSPS) is 15.2. The molecule has 1 aromatic rings. The molecule has 1 amide bonds. The van der Waals surface area contributed by atoms with Crippen molar-refractivity contribution in [2.45, 2.75) is 0 Å². The largest absolute Gasteiger partial charge is 0.353 e. The second-order valence-corrected chi connectivity index (χ2v) is 5.06. The van der Waals surface area contributed by atoms with E-state index in [0.717, 1.165) is 0 Å². The summed E-state index contributed by atoms with van der Waals surface area (Å²) < 4.78 is 0. The Morgan fingerprint density at radius 1 is 1.44 bits per heavy atom. The number of piperazine rings is 1. The quantitative estimate of drug-likeness (QED) is 0.780. The Morgan fingerprint density at radius 3 is 2.89 bits per heavy atom. The van der Waals surface area contributed by atoms with Gasteiger partial charge in [-0.3, -0.25) is 4.79 Å². The average molecular weight is 304 g/mol. The second-order valence-electron chi connectivity index (χ2n) is 3.83. The van der Waals surface area contributed by atoms with Gasteiger partial charge in [0, 0.05) is 18.1 Å². The molecular formula is C11H11Cl2N3OS. The lowest BCUT2D eigenvalue weighted by Gasteiger charge is -2.29. The molecule has 0 atom stereocenters. The van der Waals surface area contributed by atoms with Crippen molar-refractivity contribution in [3.63, 3.8) is 0 Å². The van der Waals surface area contributed by atoms with E-state index in [4.69, 9.17) is 35.4 Å². The molecule has 1 fully saturated rings. The zero-order valence-corrected chi connectivity index (χ0v) is 11.7. The Balaban J connectivity index is 2.04. The van der Waals surface area contributed by atoms with E-state index in [9.17, 15) is 4.79 Å². The van der Waals surface area contributed by atoms with Gasteiger partial charge in [-0.2, -0.15) is 0 Å². The van der Waals surface area contributed by atoms with Crippen LogP contribution in [0.25, 0.3) is 0 Å². The molecule has 1 aromatic carbocycles. The zero-order chi connectivity index (χ0) is 13.1. The summed E-state index contributed by atoms with van der Waals surface area (Å²) in [6, 6.07) is 5.11. The first-order valence-electron chi connectivity index (χ1n) is 5.34. The van der Waals surface area contributed by atoms with Crippen LogP contribution in [0.2, 0.25) is 10.0 Å². The van der Waals surface area contributed by atoms with Crippen molar-refractivity contribution in [3.05, 3.63) is 28.2 Å². The molecule has 1 aliphatic heterocycles. The third kappa shape index (κ3) is 3.25. The number of nitrogens with one attached hydrogen (secondary N) is 2. The van der Waals surface area contributed by atoms with E-state index < -0.39 is 0 Å². The fourth-order valence-corrected chi connectivity index (χ4v) is 2.32. The highest BCUT2D eigenvalue weighted by Gasteiger charge is 2.18. The smallest absolute Gasteiger partial charge is 0.239 e. The molecule has 0 spiro atoms. The van der Waals surface area contributed by atoms with Crippen molar-refractivity contribution in [2.75, 3.05) is 25.0 Å². The topological polar surface area (TPSA) is 44.4 Å². The summed E-state index contributed by atoms with van der Waals surface area (Å²) in [5, 5.41) is 7.29. The zero-order valence-electron chi connectivity index (χ0n) is 9.37. The maximum Gasteiger partial charge on any atom is 0.239 e. The van der Waals surface area contributed by atoms with Gasteiger partial charge in [0.25, 0.3) is 0 Å². The van der Waals surface area contributed by atoms with Crippen LogP contribution in [0.5, 0.6) is 0 Å². The maximum atomic E-state index is 11.3. The van der Waals surface area contributed by atoms with E-state index >= 15 is 0 Å². The van der Waals surface area contributed by atoms with E-state index in [2.05, 4.69) is 10.6 Å². The lowest BCUT2D eigenvalue weighted by Crippen LogP contribution is -2.51. The van der Waals surface area contributed by atoms with Crippen LogP contribution in [-0.2, 0) is 4.79 Å². The number of nitrogens with zero attached hydrogens (tertiary/aromatic N) is 1. The van der Waals surface area contributed by atoms with Crippen LogP contribution in [-0.4, -0.2) is 35.6 Å². The van der Waals surface area contributed by atoms with Gasteiger partial charge in [0.2, 0.25) is 5.91 Å². The summed E-state index contributed by atoms with van der Waals surface area (Å²) in [4.78, 5) is 13.0. The first kappa shape index (κ1) is 13.4. The van der Waals surface area contributed by atoms with Crippen LogP contribution in [0.1, 0.15) is 0 Å². The molecule has 7 heteroatoms. The SMILES string of the molecule is O=C1CN(C(=S)Nc2ccc(Cl)cc2Cl)CCN1. The van der Waals surface area contributed by atoms with Gasteiger partial charge in [-0.05, 0) is 30.4 Å². The summed E-state index contributed by atoms with van der Waals surface area (Å²) in [6.07, 6.45) is 0. The van der Waals surface area contributed by atoms with Gasteiger partial charge in [-0.15, -0.1) is 0 Å². The van der Waals surface area contributed by atoms with Crippen molar-refractivity contribution in [1.82, 2.24) is 10.2 Å². The second kappa shape index (κ2) is 5.73. The van der Waals surface area contributed by atoms with Crippen LogP contribution in [0.15, 0.2) is 18.2 Å². The molecule has 1 heterocycles. The molecule has 0 radical (unpaired) electrons. The van der Waals surface area contributed by atoms with Gasteiger partial charge in [0.05, 0.1) is 17.3 Å². The predicted octanol–water partition coefficient (Wildman–Crippen LogP) is 2.12. The van der Waals surface area contributed by atoms with Crippen LogP contribution < -0.4 is 10.6 Å². The van der Waals surface area contributed by atoms with E-state index in [-0.39, 0.29) is 12.5 Å². The number of rotatable bonds is 1. The van der Waals surface area contributed by atoms with Crippen LogP contribution in [0, 0.1) is 0 Å². The molecule has 1 saturated heterocycles. The number of benzene rings is 1. The fourth-order valence-electron chi connectivity index (χ4n) is 1.60. The lowest BCUT2D eigenvalue weighted by molar-refractivity contribution is -0.122. The van der Waals surface area contributed by atoms with E-state index in [1.807, 2.05) is 0 Å². The summed E-state index contributed by atoms with van der Waals surface area (Å²) in [5.74, 6) is -0.0346. The highest BCUT2D eigenvalue weighted by molar-refractivity contribution is 7.80. The molecule has 0 unspecified atom stereocenters. The molecule has 0 bridgehead atoms. The molecule has 18 heavy (non-hydrogen) atoms. The number of halogens is 2. The van der Waals surface area contributed by atoms with Gasteiger partial charge in [0.15, 0.2) is 5.11 Å². The van der Waals surface area contributed by atoms with Crippen molar-refractivity contribution in [1.29, 1.82) is 0 Å². The number of hydrogen-bond acceptors (Lipinski definition) is 2. The number of hydrogen-bond donors (Lipinski definition) is 2. The molecule has 4 nitrogen and oxygen atoms in total. The summed E-state index contributed by atoms with van der Waals surface area (Å²) in [6.45, 7) is 1.54. The molecule has 2 rings (SSSR count). The highest BCUT2D eigenvalue weighted by atomic mass is 35.5. The summed E-state index contributed by atoms with van der Waals surface area (Å²) in [7, 11) is 0. The maximum absolute atomic E-state index is 11.3. The molecule has 0 saturated carbocycles. The molecule has 1 aliphatic rings. The van der Waals surface area contributed by atoms with Gasteiger partial charge < -0.3 is 15.5 Å². The standard InChI is InChI=1S/C11H11Cl2N3OS/c12-7-1-2-9(8(13)5-7)15-11(18)16-4-3-14-10(17)6-16/h1-2,5H,3-4,6H2,(H,14,17)(H,15,18).